The zero-order valence-corrected chi connectivity index (χ0v) is 16.9. The molecule has 2 N–H and O–H groups in total. The van der Waals surface area contributed by atoms with Gasteiger partial charge >= 0.3 is 0 Å². The van der Waals surface area contributed by atoms with E-state index >= 15 is 0 Å². The van der Waals surface area contributed by atoms with Crippen molar-refractivity contribution >= 4 is 5.91 Å². The Morgan fingerprint density at radius 2 is 1.93 bits per heavy atom. The molecule has 29 heavy (non-hydrogen) atoms. The van der Waals surface area contributed by atoms with Crippen molar-refractivity contribution in [3.63, 3.8) is 0 Å². The van der Waals surface area contributed by atoms with Crippen LogP contribution in [0.4, 0.5) is 4.39 Å². The van der Waals surface area contributed by atoms with Crippen LogP contribution in [0.1, 0.15) is 25.3 Å². The van der Waals surface area contributed by atoms with Gasteiger partial charge in [0.25, 0.3) is 0 Å². The van der Waals surface area contributed by atoms with Gasteiger partial charge < -0.3 is 19.9 Å². The number of hydrogen-bond acceptors (Lipinski definition) is 4. The maximum Gasteiger partial charge on any atom is 0.226 e. The molecule has 3 rings (SSSR count). The van der Waals surface area contributed by atoms with E-state index in [0.717, 1.165) is 11.1 Å². The van der Waals surface area contributed by atoms with E-state index in [1.807, 2.05) is 24.3 Å². The highest BCUT2D eigenvalue weighted by Gasteiger charge is 2.40. The fourth-order valence-corrected chi connectivity index (χ4v) is 3.77. The number of nitrogens with one attached hydrogen (secondary N) is 1. The third kappa shape index (κ3) is 5.14. The summed E-state index contributed by atoms with van der Waals surface area (Å²) in [5, 5.41) is 12.4. The lowest BCUT2D eigenvalue weighted by Gasteiger charge is -2.36. The first-order valence-electron chi connectivity index (χ1n) is 9.90. The van der Waals surface area contributed by atoms with Gasteiger partial charge in [-0.25, -0.2) is 4.39 Å². The van der Waals surface area contributed by atoms with Crippen LogP contribution >= 0.6 is 0 Å². The molecule has 1 amide bonds. The second kappa shape index (κ2) is 9.37. The summed E-state index contributed by atoms with van der Waals surface area (Å²) in [6.45, 7) is 2.97. The third-order valence-electron chi connectivity index (χ3n) is 5.46. The lowest BCUT2D eigenvalue weighted by Crippen LogP contribution is -2.47. The summed E-state index contributed by atoms with van der Waals surface area (Å²) in [7, 11) is 1.56. The molecule has 5 nitrogen and oxygen atoms in total. The summed E-state index contributed by atoms with van der Waals surface area (Å²) in [5.74, 6) is 0.246. The maximum atomic E-state index is 13.7. The van der Waals surface area contributed by atoms with Crippen LogP contribution in [0.2, 0.25) is 0 Å². The molecule has 0 saturated carbocycles. The molecule has 0 bridgehead atoms. The summed E-state index contributed by atoms with van der Waals surface area (Å²) in [5.41, 5.74) is 2.02. The number of aliphatic hydroxyl groups excluding tert-OH is 1. The first-order valence-corrected chi connectivity index (χ1v) is 9.90. The number of methoxy groups -OCH3 is 1. The van der Waals surface area contributed by atoms with E-state index in [9.17, 15) is 14.3 Å². The fourth-order valence-electron chi connectivity index (χ4n) is 3.77. The van der Waals surface area contributed by atoms with Crippen LogP contribution in [0.25, 0.3) is 11.1 Å². The molecule has 1 aliphatic rings. The number of carbonyl (C=O) groups is 1. The fraction of sp³-hybridized carbons (Fsp3) is 0.435. The van der Waals surface area contributed by atoms with Gasteiger partial charge in [-0.1, -0.05) is 24.3 Å². The van der Waals surface area contributed by atoms with Gasteiger partial charge in [-0.3, -0.25) is 4.79 Å². The molecular formula is C23H28FNO4. The minimum Gasteiger partial charge on any atom is -0.496 e. The van der Waals surface area contributed by atoms with Gasteiger partial charge in [0.05, 0.1) is 18.6 Å². The minimum atomic E-state index is -0.587. The van der Waals surface area contributed by atoms with E-state index in [1.54, 1.807) is 20.1 Å². The van der Waals surface area contributed by atoms with Crippen LogP contribution in [-0.4, -0.2) is 44.0 Å². The van der Waals surface area contributed by atoms with E-state index < -0.39 is 11.5 Å². The van der Waals surface area contributed by atoms with Crippen molar-refractivity contribution in [1.82, 2.24) is 5.32 Å². The molecule has 0 spiro atoms. The van der Waals surface area contributed by atoms with Crippen molar-refractivity contribution < 1.29 is 23.8 Å². The van der Waals surface area contributed by atoms with Gasteiger partial charge in [0.1, 0.15) is 11.6 Å². The average Bonchev–Trinajstić information content (AvgIpc) is 2.73. The molecule has 1 unspecified atom stereocenters. The number of halogens is 1. The van der Waals surface area contributed by atoms with Crippen LogP contribution in [-0.2, 0) is 16.0 Å². The van der Waals surface area contributed by atoms with Crippen molar-refractivity contribution in [2.75, 3.05) is 26.9 Å². The van der Waals surface area contributed by atoms with E-state index in [-0.39, 0.29) is 18.3 Å². The molecule has 0 radical (unpaired) electrons. The zero-order chi connectivity index (χ0) is 20.9. The minimum absolute atomic E-state index is 0.0439. The summed E-state index contributed by atoms with van der Waals surface area (Å²) in [6.07, 6.45) is 1.27. The highest BCUT2D eigenvalue weighted by atomic mass is 19.1. The van der Waals surface area contributed by atoms with Crippen molar-refractivity contribution in [3.8, 4) is 16.9 Å². The van der Waals surface area contributed by atoms with Crippen molar-refractivity contribution in [1.29, 1.82) is 0 Å². The van der Waals surface area contributed by atoms with E-state index in [0.29, 0.717) is 43.8 Å². The monoisotopic (exact) mass is 401 g/mol. The van der Waals surface area contributed by atoms with Crippen LogP contribution in [0.15, 0.2) is 42.5 Å². The number of amides is 1. The Balaban J connectivity index is 1.81. The molecule has 2 aromatic rings. The molecule has 0 aromatic heterocycles. The zero-order valence-electron chi connectivity index (χ0n) is 16.9. The van der Waals surface area contributed by atoms with Crippen molar-refractivity contribution in [3.05, 3.63) is 53.8 Å². The smallest absolute Gasteiger partial charge is 0.226 e. The molecule has 156 valence electrons. The number of hydrogen-bond donors (Lipinski definition) is 2. The second-order valence-corrected chi connectivity index (χ2v) is 7.67. The molecule has 1 heterocycles. The molecule has 6 heteroatoms. The Bertz CT molecular complexity index is 829. The number of aliphatic hydroxyl groups is 1. The normalized spacial score (nSPS) is 16.8. The lowest BCUT2D eigenvalue weighted by molar-refractivity contribution is -0.137. The van der Waals surface area contributed by atoms with Gasteiger partial charge in [-0.2, -0.15) is 0 Å². The molecule has 1 saturated heterocycles. The lowest BCUT2D eigenvalue weighted by atomic mass is 9.74. The van der Waals surface area contributed by atoms with Crippen molar-refractivity contribution in [2.45, 2.75) is 32.3 Å². The molecule has 1 fully saturated rings. The quantitative estimate of drug-likeness (QED) is 0.747. The summed E-state index contributed by atoms with van der Waals surface area (Å²) >= 11 is 0. The predicted molar refractivity (Wildman–Crippen MR) is 109 cm³/mol. The Labute approximate surface area is 170 Å². The number of benzene rings is 2. The van der Waals surface area contributed by atoms with E-state index in [2.05, 4.69) is 5.32 Å². The van der Waals surface area contributed by atoms with Gasteiger partial charge in [0.2, 0.25) is 5.91 Å². The van der Waals surface area contributed by atoms with Gasteiger partial charge in [0, 0.05) is 25.3 Å². The largest absolute Gasteiger partial charge is 0.496 e. The SMILES string of the molecule is COc1ccc(F)cc1-c1ccc(CC2(C(=O)NCC(C)O)CCOCC2)cc1. The maximum absolute atomic E-state index is 13.7. The Kier molecular flexibility index (Phi) is 6.87. The molecule has 2 aromatic carbocycles. The van der Waals surface area contributed by atoms with Crippen LogP contribution in [0, 0.1) is 11.2 Å². The van der Waals surface area contributed by atoms with E-state index in [4.69, 9.17) is 9.47 Å². The first kappa shape index (κ1) is 21.3. The molecule has 1 aliphatic heterocycles. The standard InChI is InChI=1S/C23H28FNO4/c1-16(26)15-25-22(27)23(9-11-29-12-10-23)14-17-3-5-18(6-4-17)20-13-19(24)7-8-21(20)28-2/h3-8,13,16,26H,9-12,14-15H2,1-2H3,(H,25,27). The number of carbonyl (C=O) groups excluding carboxylic acids is 1. The summed E-state index contributed by atoms with van der Waals surface area (Å²) < 4.78 is 24.5. The van der Waals surface area contributed by atoms with Gasteiger partial charge in [0.15, 0.2) is 0 Å². The average molecular weight is 401 g/mol. The van der Waals surface area contributed by atoms with Gasteiger partial charge in [-0.15, -0.1) is 0 Å². The van der Waals surface area contributed by atoms with Crippen LogP contribution in [0.5, 0.6) is 5.75 Å². The Morgan fingerprint density at radius 1 is 1.24 bits per heavy atom. The summed E-state index contributed by atoms with van der Waals surface area (Å²) in [4.78, 5) is 12.9. The molecule has 0 aliphatic carbocycles. The second-order valence-electron chi connectivity index (χ2n) is 7.67. The Hall–Kier alpha value is -2.44. The first-order chi connectivity index (χ1) is 13.9. The predicted octanol–water partition coefficient (Wildman–Crippen LogP) is 3.34. The highest BCUT2D eigenvalue weighted by Crippen LogP contribution is 2.36. The third-order valence-corrected chi connectivity index (χ3v) is 5.46. The molecular weight excluding hydrogens is 373 g/mol. The highest BCUT2D eigenvalue weighted by molar-refractivity contribution is 5.83. The number of ether oxygens (including phenoxy) is 2. The van der Waals surface area contributed by atoms with Gasteiger partial charge in [-0.05, 0) is 55.5 Å². The van der Waals surface area contributed by atoms with Crippen molar-refractivity contribution in [2.24, 2.45) is 5.41 Å². The number of rotatable bonds is 7. The summed E-state index contributed by atoms with van der Waals surface area (Å²) in [6, 6.07) is 12.2. The van der Waals surface area contributed by atoms with Crippen LogP contribution in [0.3, 0.4) is 0 Å². The van der Waals surface area contributed by atoms with E-state index in [1.165, 1.54) is 12.1 Å². The molecule has 1 atom stereocenters. The van der Waals surface area contributed by atoms with Crippen LogP contribution < -0.4 is 10.1 Å². The Morgan fingerprint density at radius 3 is 2.55 bits per heavy atom. The topological polar surface area (TPSA) is 67.8 Å².